The standard InChI is InChI=1S/C17H20ClN7O/c1-3-24-10-20-14-15(21-13-6-4-5-12(18)9-13)22-17(23-16(14)24)25(19)8-7-11(2)26/h4-6,9-10H,3,7-8,19H2,1-2H3,(H,21,22,23). The summed E-state index contributed by atoms with van der Waals surface area (Å²) in [6.07, 6.45) is 2.03. The number of anilines is 3. The number of imidazole rings is 1. The lowest BCUT2D eigenvalue weighted by Crippen LogP contribution is -2.34. The lowest BCUT2D eigenvalue weighted by Gasteiger charge is -2.17. The molecule has 0 amide bonds. The fourth-order valence-corrected chi connectivity index (χ4v) is 2.65. The normalized spacial score (nSPS) is 10.9. The van der Waals surface area contributed by atoms with Crippen LogP contribution in [0.5, 0.6) is 0 Å². The van der Waals surface area contributed by atoms with Crippen molar-refractivity contribution in [1.82, 2.24) is 19.5 Å². The quantitative estimate of drug-likeness (QED) is 0.485. The highest BCUT2D eigenvalue weighted by atomic mass is 35.5. The van der Waals surface area contributed by atoms with Crippen LogP contribution in [0.25, 0.3) is 11.2 Å². The Labute approximate surface area is 156 Å². The number of nitrogens with zero attached hydrogens (tertiary/aromatic N) is 5. The van der Waals surface area contributed by atoms with Crippen molar-refractivity contribution in [3.8, 4) is 0 Å². The van der Waals surface area contributed by atoms with Crippen molar-refractivity contribution in [1.29, 1.82) is 0 Å². The van der Waals surface area contributed by atoms with E-state index in [-0.39, 0.29) is 5.78 Å². The molecule has 0 aliphatic carbocycles. The first-order chi connectivity index (χ1) is 12.5. The molecule has 0 fully saturated rings. The maximum atomic E-state index is 11.2. The largest absolute Gasteiger partial charge is 0.338 e. The van der Waals surface area contributed by atoms with E-state index in [2.05, 4.69) is 20.3 Å². The molecule has 1 aromatic carbocycles. The summed E-state index contributed by atoms with van der Waals surface area (Å²) in [4.78, 5) is 24.7. The van der Waals surface area contributed by atoms with Crippen molar-refractivity contribution in [2.45, 2.75) is 26.8 Å². The van der Waals surface area contributed by atoms with Gasteiger partial charge in [-0.25, -0.2) is 10.8 Å². The van der Waals surface area contributed by atoms with Crippen molar-refractivity contribution in [2.24, 2.45) is 5.84 Å². The molecule has 0 bridgehead atoms. The van der Waals surface area contributed by atoms with Gasteiger partial charge in [0, 0.05) is 30.2 Å². The molecule has 0 saturated heterocycles. The van der Waals surface area contributed by atoms with Gasteiger partial charge in [-0.15, -0.1) is 0 Å². The molecule has 3 rings (SSSR count). The Morgan fingerprint density at radius 3 is 2.88 bits per heavy atom. The molecule has 3 N–H and O–H groups in total. The number of aromatic nitrogens is 4. The number of halogens is 1. The Morgan fingerprint density at radius 1 is 1.38 bits per heavy atom. The summed E-state index contributed by atoms with van der Waals surface area (Å²) in [5.41, 5.74) is 2.08. The molecule has 0 aliphatic rings. The van der Waals surface area contributed by atoms with E-state index in [0.717, 1.165) is 5.69 Å². The maximum Gasteiger partial charge on any atom is 0.243 e. The molecule has 0 spiro atoms. The van der Waals surface area contributed by atoms with Crippen LogP contribution in [0, 0.1) is 0 Å². The summed E-state index contributed by atoms with van der Waals surface area (Å²) < 4.78 is 1.91. The lowest BCUT2D eigenvalue weighted by atomic mass is 10.3. The van der Waals surface area contributed by atoms with Crippen molar-refractivity contribution in [3.63, 3.8) is 0 Å². The molecule has 0 atom stereocenters. The van der Waals surface area contributed by atoms with Gasteiger partial charge in [0.2, 0.25) is 5.95 Å². The fraction of sp³-hybridized carbons (Fsp3) is 0.294. The SMILES string of the molecule is CCn1cnc2c(Nc3cccc(Cl)c3)nc(N(N)CCC(C)=O)nc21. The average Bonchev–Trinajstić information content (AvgIpc) is 3.03. The minimum absolute atomic E-state index is 0.0532. The van der Waals surface area contributed by atoms with Crippen LogP contribution >= 0.6 is 11.6 Å². The third-order valence-corrected chi connectivity index (χ3v) is 4.08. The predicted octanol–water partition coefficient (Wildman–Crippen LogP) is 2.90. The number of aryl methyl sites for hydroxylation is 1. The molecule has 0 unspecified atom stereocenters. The number of ketones is 1. The molecule has 2 aromatic heterocycles. The maximum absolute atomic E-state index is 11.2. The lowest BCUT2D eigenvalue weighted by molar-refractivity contribution is -0.116. The number of fused-ring (bicyclic) bond motifs is 1. The number of nitrogens with two attached hydrogens (primary N) is 1. The number of rotatable bonds is 7. The highest BCUT2D eigenvalue weighted by Gasteiger charge is 2.16. The zero-order valence-electron chi connectivity index (χ0n) is 14.6. The number of hydrazine groups is 1. The van der Waals surface area contributed by atoms with Crippen molar-refractivity contribution in [2.75, 3.05) is 16.9 Å². The van der Waals surface area contributed by atoms with Crippen LogP contribution in [0.3, 0.4) is 0 Å². The Hall–Kier alpha value is -2.71. The second-order valence-corrected chi connectivity index (χ2v) is 6.29. The van der Waals surface area contributed by atoms with E-state index < -0.39 is 0 Å². The number of carbonyl (C=O) groups is 1. The molecular formula is C17H20ClN7O. The van der Waals surface area contributed by atoms with Crippen LogP contribution < -0.4 is 16.2 Å². The molecular weight excluding hydrogens is 354 g/mol. The second-order valence-electron chi connectivity index (χ2n) is 5.86. The average molecular weight is 374 g/mol. The molecule has 0 radical (unpaired) electrons. The Morgan fingerprint density at radius 2 is 2.19 bits per heavy atom. The van der Waals surface area contributed by atoms with Crippen LogP contribution in [0.2, 0.25) is 5.02 Å². The number of benzene rings is 1. The zero-order valence-corrected chi connectivity index (χ0v) is 15.4. The first-order valence-corrected chi connectivity index (χ1v) is 8.63. The minimum atomic E-state index is 0.0532. The van der Waals surface area contributed by atoms with E-state index in [1.165, 1.54) is 11.9 Å². The van der Waals surface area contributed by atoms with Gasteiger partial charge < -0.3 is 9.88 Å². The van der Waals surface area contributed by atoms with Crippen LogP contribution in [-0.2, 0) is 11.3 Å². The predicted molar refractivity (Wildman–Crippen MR) is 103 cm³/mol. The molecule has 136 valence electrons. The van der Waals surface area contributed by atoms with E-state index >= 15 is 0 Å². The highest BCUT2D eigenvalue weighted by molar-refractivity contribution is 6.30. The molecule has 0 saturated carbocycles. The van der Waals surface area contributed by atoms with Crippen LogP contribution in [0.1, 0.15) is 20.3 Å². The van der Waals surface area contributed by atoms with Gasteiger partial charge >= 0.3 is 0 Å². The van der Waals surface area contributed by atoms with Gasteiger partial charge in [0.15, 0.2) is 17.0 Å². The first kappa shape index (κ1) is 18.1. The van der Waals surface area contributed by atoms with Gasteiger partial charge in [0.05, 0.1) is 6.33 Å². The Kier molecular flexibility index (Phi) is 5.34. The zero-order chi connectivity index (χ0) is 18.7. The fourth-order valence-electron chi connectivity index (χ4n) is 2.46. The number of hydrogen-bond acceptors (Lipinski definition) is 7. The van der Waals surface area contributed by atoms with Gasteiger partial charge in [-0.2, -0.15) is 9.97 Å². The van der Waals surface area contributed by atoms with Gasteiger partial charge in [0.25, 0.3) is 0 Å². The van der Waals surface area contributed by atoms with Gasteiger partial charge in [0.1, 0.15) is 5.78 Å². The third-order valence-electron chi connectivity index (χ3n) is 3.84. The van der Waals surface area contributed by atoms with Gasteiger partial charge in [-0.3, -0.25) is 9.80 Å². The molecule has 8 nitrogen and oxygen atoms in total. The summed E-state index contributed by atoms with van der Waals surface area (Å²) in [5.74, 6) is 6.96. The van der Waals surface area contributed by atoms with Gasteiger partial charge in [-0.1, -0.05) is 17.7 Å². The minimum Gasteiger partial charge on any atom is -0.338 e. The number of carbonyl (C=O) groups excluding carboxylic acids is 1. The van der Waals surface area contributed by atoms with Crippen molar-refractivity contribution < 1.29 is 4.79 Å². The van der Waals surface area contributed by atoms with Crippen LogP contribution in [0.4, 0.5) is 17.5 Å². The monoisotopic (exact) mass is 373 g/mol. The molecule has 26 heavy (non-hydrogen) atoms. The number of hydrogen-bond donors (Lipinski definition) is 2. The Bertz CT molecular complexity index is 940. The highest BCUT2D eigenvalue weighted by Crippen LogP contribution is 2.26. The summed E-state index contributed by atoms with van der Waals surface area (Å²) in [6.45, 7) is 4.57. The van der Waals surface area contributed by atoms with E-state index in [1.807, 2.05) is 23.6 Å². The van der Waals surface area contributed by atoms with Crippen molar-refractivity contribution >= 4 is 46.0 Å². The molecule has 9 heteroatoms. The van der Waals surface area contributed by atoms with E-state index in [4.69, 9.17) is 17.4 Å². The van der Waals surface area contributed by atoms with E-state index in [9.17, 15) is 4.79 Å². The smallest absolute Gasteiger partial charge is 0.243 e. The summed E-state index contributed by atoms with van der Waals surface area (Å²) >= 11 is 6.06. The number of Topliss-reactive ketones (excluding diaryl/α,β-unsaturated/α-hetero) is 1. The van der Waals surface area contributed by atoms with E-state index in [0.29, 0.717) is 47.5 Å². The van der Waals surface area contributed by atoms with Gasteiger partial charge in [-0.05, 0) is 32.0 Å². The van der Waals surface area contributed by atoms with Crippen molar-refractivity contribution in [3.05, 3.63) is 35.6 Å². The van der Waals surface area contributed by atoms with E-state index in [1.54, 1.807) is 18.5 Å². The van der Waals surface area contributed by atoms with Crippen LogP contribution in [-0.4, -0.2) is 31.8 Å². The summed E-state index contributed by atoms with van der Waals surface area (Å²) in [6, 6.07) is 7.31. The third kappa shape index (κ3) is 3.92. The molecule has 0 aliphatic heterocycles. The summed E-state index contributed by atoms with van der Waals surface area (Å²) in [5, 5.41) is 5.21. The second kappa shape index (κ2) is 7.67. The summed E-state index contributed by atoms with van der Waals surface area (Å²) in [7, 11) is 0. The Balaban J connectivity index is 2.02. The molecule has 3 aromatic rings. The molecule has 2 heterocycles. The topological polar surface area (TPSA) is 102 Å². The first-order valence-electron chi connectivity index (χ1n) is 8.25. The van der Waals surface area contributed by atoms with Crippen LogP contribution in [0.15, 0.2) is 30.6 Å². The number of nitrogens with one attached hydrogen (secondary N) is 1.